The summed E-state index contributed by atoms with van der Waals surface area (Å²) in [5, 5.41) is 6.53. The number of carbonyl (C=O) groups excluding carboxylic acids is 1. The van der Waals surface area contributed by atoms with Crippen LogP contribution in [0.15, 0.2) is 53.1 Å². The molecule has 0 saturated carbocycles. The van der Waals surface area contributed by atoms with E-state index in [4.69, 9.17) is 4.52 Å². The van der Waals surface area contributed by atoms with E-state index in [1.54, 1.807) is 4.90 Å². The molecular weight excluding hydrogens is 423 g/mol. The normalized spacial score (nSPS) is 14.5. The van der Waals surface area contributed by atoms with Crippen molar-refractivity contribution in [2.45, 2.75) is 19.5 Å². The number of piperazine rings is 1. The van der Waals surface area contributed by atoms with E-state index in [1.807, 2.05) is 31.2 Å². The topological polar surface area (TPSA) is 74.5 Å². The number of anilines is 2. The van der Waals surface area contributed by atoms with E-state index < -0.39 is 17.8 Å². The Kier molecular flexibility index (Phi) is 6.02. The summed E-state index contributed by atoms with van der Waals surface area (Å²) in [5.74, 6) is 1.13. The van der Waals surface area contributed by atoms with Crippen LogP contribution in [0.3, 0.4) is 0 Å². The van der Waals surface area contributed by atoms with Crippen LogP contribution < -0.4 is 10.2 Å². The first-order chi connectivity index (χ1) is 15.3. The molecule has 1 saturated heterocycles. The van der Waals surface area contributed by atoms with Crippen LogP contribution in [0, 0.1) is 0 Å². The van der Waals surface area contributed by atoms with Crippen molar-refractivity contribution in [3.63, 3.8) is 0 Å². The number of alkyl halides is 3. The summed E-state index contributed by atoms with van der Waals surface area (Å²) in [4.78, 5) is 20.5. The van der Waals surface area contributed by atoms with E-state index >= 15 is 0 Å². The third-order valence-corrected chi connectivity index (χ3v) is 5.27. The number of carbonyl (C=O) groups is 1. The molecule has 0 spiro atoms. The Bertz CT molecular complexity index is 1070. The number of rotatable bonds is 4. The number of benzene rings is 2. The molecular formula is C22H22F3N5O2. The van der Waals surface area contributed by atoms with Gasteiger partial charge in [-0.05, 0) is 42.5 Å². The summed E-state index contributed by atoms with van der Waals surface area (Å²) in [6.45, 7) is 4.07. The fourth-order valence-corrected chi connectivity index (χ4v) is 3.48. The quantitative estimate of drug-likeness (QED) is 0.632. The van der Waals surface area contributed by atoms with E-state index in [9.17, 15) is 18.0 Å². The van der Waals surface area contributed by atoms with Crippen molar-refractivity contribution >= 4 is 17.4 Å². The summed E-state index contributed by atoms with van der Waals surface area (Å²) in [6, 6.07) is 12.0. The predicted molar refractivity (Wildman–Crippen MR) is 113 cm³/mol. The van der Waals surface area contributed by atoms with Gasteiger partial charge in [-0.15, -0.1) is 0 Å². The molecule has 1 aliphatic rings. The van der Waals surface area contributed by atoms with Crippen LogP contribution in [-0.2, 0) is 12.6 Å². The van der Waals surface area contributed by atoms with Crippen LogP contribution in [0.2, 0.25) is 0 Å². The Balaban J connectivity index is 1.33. The lowest BCUT2D eigenvalue weighted by Gasteiger charge is -2.36. The smallest absolute Gasteiger partial charge is 0.368 e. The van der Waals surface area contributed by atoms with Gasteiger partial charge in [-0.1, -0.05) is 18.1 Å². The minimum Gasteiger partial charge on any atom is -0.368 e. The van der Waals surface area contributed by atoms with Gasteiger partial charge in [0.25, 0.3) is 0 Å². The number of amides is 2. The highest BCUT2D eigenvalue weighted by Gasteiger charge is 2.30. The van der Waals surface area contributed by atoms with Crippen molar-refractivity contribution in [2.75, 3.05) is 36.4 Å². The van der Waals surface area contributed by atoms with E-state index in [1.165, 1.54) is 12.1 Å². The molecule has 32 heavy (non-hydrogen) atoms. The van der Waals surface area contributed by atoms with Gasteiger partial charge in [-0.3, -0.25) is 0 Å². The number of nitrogens with one attached hydrogen (secondary N) is 1. The van der Waals surface area contributed by atoms with Gasteiger partial charge in [-0.25, -0.2) is 4.79 Å². The third-order valence-electron chi connectivity index (χ3n) is 5.27. The molecule has 0 unspecified atom stereocenters. The average molecular weight is 445 g/mol. The highest BCUT2D eigenvalue weighted by molar-refractivity contribution is 5.89. The first-order valence-corrected chi connectivity index (χ1v) is 10.2. The molecule has 1 fully saturated rings. The second kappa shape index (κ2) is 8.89. The minimum absolute atomic E-state index is 0.121. The zero-order valence-corrected chi connectivity index (χ0v) is 17.4. The zero-order chi connectivity index (χ0) is 22.7. The van der Waals surface area contributed by atoms with E-state index in [0.29, 0.717) is 44.3 Å². The summed E-state index contributed by atoms with van der Waals surface area (Å²) in [7, 11) is 0. The average Bonchev–Trinajstić information content (AvgIpc) is 3.28. The van der Waals surface area contributed by atoms with Gasteiger partial charge in [0.05, 0.1) is 5.56 Å². The number of urea groups is 1. The van der Waals surface area contributed by atoms with Crippen molar-refractivity contribution in [1.82, 2.24) is 15.0 Å². The van der Waals surface area contributed by atoms with Gasteiger partial charge >= 0.3 is 12.2 Å². The molecule has 3 aromatic rings. The lowest BCUT2D eigenvalue weighted by atomic mass is 10.1. The van der Waals surface area contributed by atoms with Gasteiger partial charge in [0.1, 0.15) is 0 Å². The van der Waals surface area contributed by atoms with Gasteiger partial charge in [0.2, 0.25) is 11.7 Å². The molecule has 4 rings (SSSR count). The van der Waals surface area contributed by atoms with E-state index in [-0.39, 0.29) is 5.69 Å². The van der Waals surface area contributed by atoms with Crippen molar-refractivity contribution < 1.29 is 22.5 Å². The van der Waals surface area contributed by atoms with Crippen LogP contribution in [-0.4, -0.2) is 47.3 Å². The van der Waals surface area contributed by atoms with Gasteiger partial charge in [0, 0.05) is 49.5 Å². The maximum atomic E-state index is 12.9. The number of hydrogen-bond donors (Lipinski definition) is 1. The Labute approximate surface area is 182 Å². The molecule has 0 radical (unpaired) electrons. The molecule has 0 atom stereocenters. The van der Waals surface area contributed by atoms with E-state index in [2.05, 4.69) is 20.4 Å². The molecule has 2 heterocycles. The van der Waals surface area contributed by atoms with Crippen LogP contribution in [0.5, 0.6) is 0 Å². The molecule has 1 N–H and O–H groups in total. The number of aromatic nitrogens is 2. The van der Waals surface area contributed by atoms with Crippen molar-refractivity contribution in [3.05, 3.63) is 60.0 Å². The number of nitrogens with zero attached hydrogens (tertiary/aromatic N) is 4. The fourth-order valence-electron chi connectivity index (χ4n) is 3.48. The van der Waals surface area contributed by atoms with E-state index in [0.717, 1.165) is 23.4 Å². The van der Waals surface area contributed by atoms with Crippen molar-refractivity contribution in [2.24, 2.45) is 0 Å². The number of halogens is 3. The first-order valence-electron chi connectivity index (χ1n) is 10.2. The highest BCUT2D eigenvalue weighted by atomic mass is 19.4. The van der Waals surface area contributed by atoms with Crippen molar-refractivity contribution in [1.29, 1.82) is 0 Å². The lowest BCUT2D eigenvalue weighted by Crippen LogP contribution is -2.50. The maximum absolute atomic E-state index is 12.9. The SMILES string of the molecule is CCc1nc(-c2ccc(N3CCN(C(=O)Nc4cccc(C(F)(F)F)c4)CC3)cc2)no1. The first kappa shape index (κ1) is 21.7. The highest BCUT2D eigenvalue weighted by Crippen LogP contribution is 2.30. The summed E-state index contributed by atoms with van der Waals surface area (Å²) in [5.41, 5.74) is 1.19. The van der Waals surface area contributed by atoms with Crippen LogP contribution in [0.1, 0.15) is 18.4 Å². The Morgan fingerprint density at radius 3 is 2.44 bits per heavy atom. The molecule has 2 amide bonds. The fraction of sp³-hybridized carbons (Fsp3) is 0.318. The molecule has 0 aliphatic carbocycles. The standard InChI is InChI=1S/C22H22F3N5O2/c1-2-19-27-20(28-32-19)15-6-8-18(9-7-15)29-10-12-30(13-11-29)21(31)26-17-5-3-4-16(14-17)22(23,24)25/h3-9,14H,2,10-13H2,1H3,(H,26,31). The third kappa shape index (κ3) is 4.84. The Hall–Kier alpha value is -3.56. The second-order valence-corrected chi connectivity index (χ2v) is 7.39. The zero-order valence-electron chi connectivity index (χ0n) is 17.4. The monoisotopic (exact) mass is 445 g/mol. The summed E-state index contributed by atoms with van der Waals surface area (Å²) in [6.07, 6.45) is -3.78. The molecule has 10 heteroatoms. The Morgan fingerprint density at radius 2 is 1.81 bits per heavy atom. The largest absolute Gasteiger partial charge is 0.416 e. The summed E-state index contributed by atoms with van der Waals surface area (Å²) >= 11 is 0. The van der Waals surface area contributed by atoms with Crippen LogP contribution >= 0.6 is 0 Å². The molecule has 0 bridgehead atoms. The van der Waals surface area contributed by atoms with Crippen molar-refractivity contribution in [3.8, 4) is 11.4 Å². The predicted octanol–water partition coefficient (Wildman–Crippen LogP) is 4.67. The van der Waals surface area contributed by atoms with Gasteiger partial charge < -0.3 is 19.6 Å². The van der Waals surface area contributed by atoms with Crippen LogP contribution in [0.4, 0.5) is 29.3 Å². The maximum Gasteiger partial charge on any atom is 0.416 e. The van der Waals surface area contributed by atoms with Crippen LogP contribution in [0.25, 0.3) is 11.4 Å². The Morgan fingerprint density at radius 1 is 1.09 bits per heavy atom. The van der Waals surface area contributed by atoms with Gasteiger partial charge in [-0.2, -0.15) is 18.2 Å². The molecule has 1 aliphatic heterocycles. The molecule has 2 aromatic carbocycles. The number of hydrogen-bond acceptors (Lipinski definition) is 5. The second-order valence-electron chi connectivity index (χ2n) is 7.39. The molecule has 7 nitrogen and oxygen atoms in total. The minimum atomic E-state index is -4.45. The summed E-state index contributed by atoms with van der Waals surface area (Å²) < 4.78 is 43.7. The molecule has 168 valence electrons. The molecule has 1 aromatic heterocycles. The van der Waals surface area contributed by atoms with Gasteiger partial charge in [0.15, 0.2) is 0 Å². The number of aryl methyl sites for hydroxylation is 1. The lowest BCUT2D eigenvalue weighted by molar-refractivity contribution is -0.137.